The molecule has 166 valence electrons. The number of nitrogens with two attached hydrogens (primary N) is 2. The van der Waals surface area contributed by atoms with E-state index < -0.39 is 11.5 Å². The molecule has 0 saturated heterocycles. The monoisotopic (exact) mass is 433 g/mol. The molecule has 1 aliphatic rings. The summed E-state index contributed by atoms with van der Waals surface area (Å²) in [4.78, 5) is 35.9. The zero-order valence-electron chi connectivity index (χ0n) is 17.7. The van der Waals surface area contributed by atoms with Crippen molar-refractivity contribution in [3.8, 4) is 11.1 Å². The van der Waals surface area contributed by atoms with Gasteiger partial charge in [0.15, 0.2) is 5.82 Å². The Bertz CT molecular complexity index is 1150. The van der Waals surface area contributed by atoms with Crippen LogP contribution in [-0.4, -0.2) is 32.9 Å². The van der Waals surface area contributed by atoms with E-state index in [0.29, 0.717) is 12.2 Å². The van der Waals surface area contributed by atoms with E-state index in [-0.39, 0.29) is 22.9 Å². The van der Waals surface area contributed by atoms with Crippen LogP contribution in [0.2, 0.25) is 0 Å². The number of primary amides is 1. The molecule has 32 heavy (non-hydrogen) atoms. The number of nitrogens with zero attached hydrogens (tertiary/aromatic N) is 2. The summed E-state index contributed by atoms with van der Waals surface area (Å²) < 4.78 is 0. The lowest BCUT2D eigenvalue weighted by Crippen LogP contribution is -2.48. The second-order valence-corrected chi connectivity index (χ2v) is 8.19. The standard InChI is InChI=1S/C23H27N7O2/c24-19(31)18-20(28-17-13-26-12-9-16(17)15-7-3-1-4-8-15)29-22(30-21(18)32)27-14-23(25)10-5-2-6-11-23/h1,3-4,7-9,12-13H,2,5-6,10-11,14,25H2,(H2,24,31)(H3,27,28,29,30,32). The van der Waals surface area contributed by atoms with Crippen LogP contribution in [0.25, 0.3) is 11.1 Å². The molecule has 3 aromatic rings. The maximum Gasteiger partial charge on any atom is 0.267 e. The third-order valence-electron chi connectivity index (χ3n) is 5.78. The summed E-state index contributed by atoms with van der Waals surface area (Å²) in [5.74, 6) is -0.591. The van der Waals surface area contributed by atoms with Crippen LogP contribution >= 0.6 is 0 Å². The zero-order chi connectivity index (χ0) is 22.6. The minimum atomic E-state index is -0.875. The number of benzene rings is 1. The number of H-pyrrole nitrogens is 1. The summed E-state index contributed by atoms with van der Waals surface area (Å²) in [6, 6.07) is 11.5. The Morgan fingerprint density at radius 3 is 2.59 bits per heavy atom. The quantitative estimate of drug-likeness (QED) is 0.384. The van der Waals surface area contributed by atoms with Gasteiger partial charge in [-0.25, -0.2) is 0 Å². The predicted molar refractivity (Wildman–Crippen MR) is 125 cm³/mol. The molecule has 0 atom stereocenters. The fourth-order valence-corrected chi connectivity index (χ4v) is 4.06. The summed E-state index contributed by atoms with van der Waals surface area (Å²) in [5, 5.41) is 6.22. The number of hydrogen-bond donors (Lipinski definition) is 5. The van der Waals surface area contributed by atoms with Crippen molar-refractivity contribution in [1.82, 2.24) is 15.0 Å². The molecule has 2 aromatic heterocycles. The van der Waals surface area contributed by atoms with Crippen molar-refractivity contribution in [3.05, 3.63) is 64.7 Å². The number of carbonyl (C=O) groups excluding carboxylic acids is 1. The lowest BCUT2D eigenvalue weighted by atomic mass is 9.82. The molecule has 1 saturated carbocycles. The molecule has 0 unspecified atom stereocenters. The largest absolute Gasteiger partial charge is 0.365 e. The number of nitrogens with one attached hydrogen (secondary N) is 3. The number of hydrogen-bond acceptors (Lipinski definition) is 7. The average molecular weight is 434 g/mol. The number of amides is 1. The Labute approximate surface area is 185 Å². The summed E-state index contributed by atoms with van der Waals surface area (Å²) in [7, 11) is 0. The van der Waals surface area contributed by atoms with Crippen LogP contribution in [0.4, 0.5) is 17.5 Å². The van der Waals surface area contributed by atoms with Gasteiger partial charge >= 0.3 is 0 Å². The highest BCUT2D eigenvalue weighted by molar-refractivity contribution is 5.98. The maximum absolute atomic E-state index is 12.7. The van der Waals surface area contributed by atoms with Crippen LogP contribution in [0.5, 0.6) is 0 Å². The lowest BCUT2D eigenvalue weighted by molar-refractivity contribution is 0.0999. The molecule has 1 amide bonds. The fourth-order valence-electron chi connectivity index (χ4n) is 4.06. The molecule has 0 spiro atoms. The van der Waals surface area contributed by atoms with Crippen LogP contribution in [0, 0.1) is 0 Å². The van der Waals surface area contributed by atoms with Gasteiger partial charge in [0.1, 0.15) is 5.56 Å². The molecule has 4 rings (SSSR count). The van der Waals surface area contributed by atoms with E-state index in [4.69, 9.17) is 11.5 Å². The average Bonchev–Trinajstić information content (AvgIpc) is 2.79. The van der Waals surface area contributed by atoms with E-state index in [1.54, 1.807) is 12.4 Å². The summed E-state index contributed by atoms with van der Waals surface area (Å²) in [6.07, 6.45) is 8.45. The van der Waals surface area contributed by atoms with Crippen LogP contribution in [0.15, 0.2) is 53.6 Å². The van der Waals surface area contributed by atoms with Gasteiger partial charge in [-0.1, -0.05) is 49.6 Å². The van der Waals surface area contributed by atoms with E-state index in [1.165, 1.54) is 6.42 Å². The minimum absolute atomic E-state index is 0.0589. The van der Waals surface area contributed by atoms with Gasteiger partial charge in [0.05, 0.1) is 11.9 Å². The third-order valence-corrected chi connectivity index (χ3v) is 5.78. The number of rotatable bonds is 7. The lowest BCUT2D eigenvalue weighted by Gasteiger charge is -2.33. The second kappa shape index (κ2) is 9.19. The SMILES string of the molecule is NC(=O)c1c(Nc2cnccc2-c2ccccc2)nc(NCC2(N)CCCCC2)[nH]c1=O. The smallest absolute Gasteiger partial charge is 0.267 e. The molecular weight excluding hydrogens is 406 g/mol. The summed E-state index contributed by atoms with van der Waals surface area (Å²) in [5.41, 5.74) is 13.1. The van der Waals surface area contributed by atoms with E-state index in [9.17, 15) is 9.59 Å². The first kappa shape index (κ1) is 21.5. The second-order valence-electron chi connectivity index (χ2n) is 8.19. The molecule has 9 nitrogen and oxygen atoms in total. The van der Waals surface area contributed by atoms with E-state index in [2.05, 4.69) is 25.6 Å². The van der Waals surface area contributed by atoms with Crippen LogP contribution in [-0.2, 0) is 0 Å². The Morgan fingerprint density at radius 1 is 1.12 bits per heavy atom. The van der Waals surface area contributed by atoms with Crippen molar-refractivity contribution in [1.29, 1.82) is 0 Å². The van der Waals surface area contributed by atoms with Crippen LogP contribution in [0.1, 0.15) is 42.5 Å². The molecule has 0 aliphatic heterocycles. The van der Waals surface area contributed by atoms with Crippen LogP contribution < -0.4 is 27.7 Å². The fraction of sp³-hybridized carbons (Fsp3) is 0.304. The highest BCUT2D eigenvalue weighted by atomic mass is 16.2. The molecule has 7 N–H and O–H groups in total. The van der Waals surface area contributed by atoms with E-state index in [0.717, 1.165) is 36.8 Å². The number of aromatic amines is 1. The highest BCUT2D eigenvalue weighted by Crippen LogP contribution is 2.30. The maximum atomic E-state index is 12.7. The van der Waals surface area contributed by atoms with E-state index >= 15 is 0 Å². The first-order valence-electron chi connectivity index (χ1n) is 10.7. The van der Waals surface area contributed by atoms with Gasteiger partial charge in [0.2, 0.25) is 5.95 Å². The molecule has 9 heteroatoms. The number of pyridine rings is 1. The van der Waals surface area contributed by atoms with Crippen LogP contribution in [0.3, 0.4) is 0 Å². The van der Waals surface area contributed by atoms with Crippen molar-refractivity contribution in [2.24, 2.45) is 11.5 Å². The Kier molecular flexibility index (Phi) is 6.18. The van der Waals surface area contributed by atoms with Gasteiger partial charge in [0.25, 0.3) is 11.5 Å². The summed E-state index contributed by atoms with van der Waals surface area (Å²) in [6.45, 7) is 0.466. The Morgan fingerprint density at radius 2 is 1.88 bits per heavy atom. The molecular formula is C23H27N7O2. The van der Waals surface area contributed by atoms with Gasteiger partial charge < -0.3 is 22.1 Å². The molecule has 1 fully saturated rings. The number of aromatic nitrogens is 3. The topological polar surface area (TPSA) is 152 Å². The molecule has 2 heterocycles. The predicted octanol–water partition coefficient (Wildman–Crippen LogP) is 2.75. The van der Waals surface area contributed by atoms with Crippen molar-refractivity contribution in [3.63, 3.8) is 0 Å². The zero-order valence-corrected chi connectivity index (χ0v) is 17.7. The third kappa shape index (κ3) is 4.78. The van der Waals surface area contributed by atoms with Gasteiger partial charge in [-0.2, -0.15) is 4.98 Å². The minimum Gasteiger partial charge on any atom is -0.365 e. The molecule has 1 aliphatic carbocycles. The Hall–Kier alpha value is -3.72. The summed E-state index contributed by atoms with van der Waals surface area (Å²) >= 11 is 0. The van der Waals surface area contributed by atoms with Gasteiger partial charge in [-0.05, 0) is 24.5 Å². The normalized spacial score (nSPS) is 15.2. The Balaban J connectivity index is 1.66. The highest BCUT2D eigenvalue weighted by Gasteiger charge is 2.27. The number of anilines is 3. The first-order valence-corrected chi connectivity index (χ1v) is 10.7. The first-order chi connectivity index (χ1) is 15.5. The molecule has 1 aromatic carbocycles. The molecule has 0 radical (unpaired) electrons. The van der Waals surface area contributed by atoms with Crippen molar-refractivity contribution < 1.29 is 4.79 Å². The van der Waals surface area contributed by atoms with Crippen molar-refractivity contribution >= 4 is 23.4 Å². The number of carbonyl (C=O) groups is 1. The van der Waals surface area contributed by atoms with Gasteiger partial charge in [-0.15, -0.1) is 0 Å². The van der Waals surface area contributed by atoms with E-state index in [1.807, 2.05) is 36.4 Å². The van der Waals surface area contributed by atoms with Crippen molar-refractivity contribution in [2.45, 2.75) is 37.6 Å². The van der Waals surface area contributed by atoms with Gasteiger partial charge in [-0.3, -0.25) is 19.6 Å². The molecule has 0 bridgehead atoms. The van der Waals surface area contributed by atoms with Crippen molar-refractivity contribution in [2.75, 3.05) is 17.2 Å². The van der Waals surface area contributed by atoms with Gasteiger partial charge in [0, 0.05) is 23.8 Å².